The van der Waals surface area contributed by atoms with Crippen molar-refractivity contribution in [3.8, 4) is 0 Å². The quantitative estimate of drug-likeness (QED) is 0.651. The first kappa shape index (κ1) is 12.7. The maximum absolute atomic E-state index is 6.26. The van der Waals surface area contributed by atoms with Gasteiger partial charge in [0.2, 0.25) is 0 Å². The van der Waals surface area contributed by atoms with E-state index in [4.69, 9.17) is 5.84 Å². The van der Waals surface area contributed by atoms with Gasteiger partial charge in [-0.05, 0) is 55.2 Å². The van der Waals surface area contributed by atoms with Crippen molar-refractivity contribution in [1.82, 2.24) is 0 Å². The fraction of sp³-hybridized carbons (Fsp3) is 0.250. The van der Waals surface area contributed by atoms with Gasteiger partial charge in [0.1, 0.15) is 0 Å². The highest BCUT2D eigenvalue weighted by Gasteiger charge is 2.09. The fourth-order valence-corrected chi connectivity index (χ4v) is 2.27. The first-order valence-electron chi connectivity index (χ1n) is 6.33. The maximum Gasteiger partial charge on any atom is 0.0607 e. The number of hydrazine groups is 1. The molecule has 0 unspecified atom stereocenters. The Labute approximate surface area is 109 Å². The highest BCUT2D eigenvalue weighted by molar-refractivity contribution is 5.66. The van der Waals surface area contributed by atoms with E-state index < -0.39 is 0 Å². The molecule has 2 nitrogen and oxygen atoms in total. The van der Waals surface area contributed by atoms with Crippen LogP contribution in [-0.4, -0.2) is 0 Å². The summed E-state index contributed by atoms with van der Waals surface area (Å²) < 4.78 is 0. The molecule has 0 aliphatic heterocycles. The minimum absolute atomic E-state index is 0.981. The number of anilines is 2. The zero-order chi connectivity index (χ0) is 13.1. The van der Waals surface area contributed by atoms with Crippen LogP contribution in [-0.2, 0) is 6.42 Å². The van der Waals surface area contributed by atoms with E-state index in [0.717, 1.165) is 17.8 Å². The Morgan fingerprint density at radius 1 is 1.00 bits per heavy atom. The molecular formula is C16H20N2. The van der Waals surface area contributed by atoms with Crippen molar-refractivity contribution < 1.29 is 0 Å². The third-order valence-electron chi connectivity index (χ3n) is 3.12. The predicted molar refractivity (Wildman–Crippen MR) is 78.1 cm³/mol. The molecule has 0 heterocycles. The van der Waals surface area contributed by atoms with Gasteiger partial charge in [-0.1, -0.05) is 31.2 Å². The molecule has 2 aromatic carbocycles. The van der Waals surface area contributed by atoms with Gasteiger partial charge in [-0.15, -0.1) is 0 Å². The molecule has 0 aliphatic carbocycles. The van der Waals surface area contributed by atoms with E-state index in [2.05, 4.69) is 57.2 Å². The summed E-state index contributed by atoms with van der Waals surface area (Å²) in [6.07, 6.45) is 0.981. The van der Waals surface area contributed by atoms with Crippen LogP contribution in [0.5, 0.6) is 0 Å². The van der Waals surface area contributed by atoms with Crippen LogP contribution in [0.3, 0.4) is 0 Å². The van der Waals surface area contributed by atoms with Crippen LogP contribution < -0.4 is 10.9 Å². The van der Waals surface area contributed by atoms with E-state index in [-0.39, 0.29) is 0 Å². The van der Waals surface area contributed by atoms with E-state index in [1.165, 1.54) is 16.7 Å². The van der Waals surface area contributed by atoms with Crippen LogP contribution in [0.4, 0.5) is 11.4 Å². The van der Waals surface area contributed by atoms with Gasteiger partial charge in [0, 0.05) is 0 Å². The van der Waals surface area contributed by atoms with Crippen molar-refractivity contribution in [3.63, 3.8) is 0 Å². The van der Waals surface area contributed by atoms with Crippen molar-refractivity contribution >= 4 is 11.4 Å². The molecule has 2 heteroatoms. The molecule has 2 aromatic rings. The van der Waals surface area contributed by atoms with E-state index in [0.29, 0.717) is 0 Å². The smallest absolute Gasteiger partial charge is 0.0607 e. The highest BCUT2D eigenvalue weighted by atomic mass is 15.4. The Kier molecular flexibility index (Phi) is 3.68. The first-order valence-corrected chi connectivity index (χ1v) is 6.33. The van der Waals surface area contributed by atoms with Gasteiger partial charge in [-0.25, -0.2) is 5.84 Å². The number of rotatable bonds is 3. The summed E-state index contributed by atoms with van der Waals surface area (Å²) in [5, 5.41) is 1.78. The summed E-state index contributed by atoms with van der Waals surface area (Å²) in [6.45, 7) is 6.33. The molecule has 18 heavy (non-hydrogen) atoms. The second-order valence-electron chi connectivity index (χ2n) is 4.70. The molecule has 0 radical (unpaired) electrons. The molecule has 0 aliphatic rings. The molecule has 2 rings (SSSR count). The Balaban J connectivity index is 2.44. The van der Waals surface area contributed by atoms with Crippen LogP contribution in [0.15, 0.2) is 42.5 Å². The predicted octanol–water partition coefficient (Wildman–Crippen LogP) is 3.88. The average molecular weight is 240 g/mol. The number of aryl methyl sites for hydroxylation is 3. The second kappa shape index (κ2) is 5.23. The van der Waals surface area contributed by atoms with Gasteiger partial charge in [0.25, 0.3) is 0 Å². The number of hydrogen-bond donors (Lipinski definition) is 1. The second-order valence-corrected chi connectivity index (χ2v) is 4.70. The zero-order valence-electron chi connectivity index (χ0n) is 11.3. The Hall–Kier alpha value is -1.80. The molecule has 2 N–H and O–H groups in total. The third kappa shape index (κ3) is 2.54. The van der Waals surface area contributed by atoms with Gasteiger partial charge in [0.05, 0.1) is 11.4 Å². The largest absolute Gasteiger partial charge is 0.279 e. The molecule has 0 saturated heterocycles. The summed E-state index contributed by atoms with van der Waals surface area (Å²) in [4.78, 5) is 0. The Morgan fingerprint density at radius 3 is 2.22 bits per heavy atom. The van der Waals surface area contributed by atoms with Crippen LogP contribution in [0.1, 0.15) is 23.6 Å². The van der Waals surface area contributed by atoms with Gasteiger partial charge in [-0.3, -0.25) is 5.01 Å². The minimum Gasteiger partial charge on any atom is -0.279 e. The zero-order valence-corrected chi connectivity index (χ0v) is 11.3. The summed E-state index contributed by atoms with van der Waals surface area (Å²) in [5.41, 5.74) is 5.83. The molecule has 0 amide bonds. The lowest BCUT2D eigenvalue weighted by Crippen LogP contribution is -2.26. The van der Waals surface area contributed by atoms with Crippen LogP contribution in [0, 0.1) is 13.8 Å². The summed E-state index contributed by atoms with van der Waals surface area (Å²) >= 11 is 0. The third-order valence-corrected chi connectivity index (χ3v) is 3.12. The summed E-state index contributed by atoms with van der Waals surface area (Å²) in [6, 6.07) is 14.6. The van der Waals surface area contributed by atoms with Gasteiger partial charge >= 0.3 is 0 Å². The molecule has 0 aromatic heterocycles. The summed E-state index contributed by atoms with van der Waals surface area (Å²) in [7, 11) is 0. The Bertz CT molecular complexity index is 526. The first-order chi connectivity index (χ1) is 8.61. The van der Waals surface area contributed by atoms with Crippen molar-refractivity contribution in [3.05, 3.63) is 59.2 Å². The summed E-state index contributed by atoms with van der Waals surface area (Å²) in [5.74, 6) is 6.26. The SMILES string of the molecule is CCc1ccccc1N(N)c1cc(C)cc(C)c1. The molecule has 94 valence electrons. The highest BCUT2D eigenvalue weighted by Crippen LogP contribution is 2.27. The van der Waals surface area contributed by atoms with Gasteiger partial charge < -0.3 is 0 Å². The average Bonchev–Trinajstić information content (AvgIpc) is 2.36. The number of nitrogens with two attached hydrogens (primary N) is 1. The molecule has 0 atom stereocenters. The standard InChI is InChI=1S/C16H20N2/c1-4-14-7-5-6-8-16(14)18(17)15-10-12(2)9-13(3)11-15/h5-11H,4,17H2,1-3H3. The van der Waals surface area contributed by atoms with Gasteiger partial charge in [-0.2, -0.15) is 0 Å². The van der Waals surface area contributed by atoms with E-state index in [1.54, 1.807) is 5.01 Å². The van der Waals surface area contributed by atoms with E-state index in [1.807, 2.05) is 6.07 Å². The molecular weight excluding hydrogens is 220 g/mol. The fourth-order valence-electron chi connectivity index (χ4n) is 2.27. The lowest BCUT2D eigenvalue weighted by molar-refractivity contribution is 1.03. The number of hydrogen-bond acceptors (Lipinski definition) is 2. The minimum atomic E-state index is 0.981. The molecule has 0 saturated carbocycles. The monoisotopic (exact) mass is 240 g/mol. The van der Waals surface area contributed by atoms with Crippen molar-refractivity contribution in [2.45, 2.75) is 27.2 Å². The van der Waals surface area contributed by atoms with Crippen molar-refractivity contribution in [2.75, 3.05) is 5.01 Å². The van der Waals surface area contributed by atoms with E-state index >= 15 is 0 Å². The molecule has 0 spiro atoms. The van der Waals surface area contributed by atoms with Crippen molar-refractivity contribution in [2.24, 2.45) is 5.84 Å². The van der Waals surface area contributed by atoms with Gasteiger partial charge in [0.15, 0.2) is 0 Å². The van der Waals surface area contributed by atoms with Crippen LogP contribution >= 0.6 is 0 Å². The maximum atomic E-state index is 6.26. The number of benzene rings is 2. The van der Waals surface area contributed by atoms with Crippen LogP contribution in [0.2, 0.25) is 0 Å². The van der Waals surface area contributed by atoms with Crippen LogP contribution in [0.25, 0.3) is 0 Å². The normalized spacial score (nSPS) is 10.4. The van der Waals surface area contributed by atoms with E-state index in [9.17, 15) is 0 Å². The molecule has 0 bridgehead atoms. The Morgan fingerprint density at radius 2 is 1.61 bits per heavy atom. The molecule has 0 fully saturated rings. The number of nitrogens with zero attached hydrogens (tertiary/aromatic N) is 1. The number of para-hydroxylation sites is 1. The topological polar surface area (TPSA) is 29.3 Å². The lowest BCUT2D eigenvalue weighted by atomic mass is 10.1. The lowest BCUT2D eigenvalue weighted by Gasteiger charge is -2.22. The van der Waals surface area contributed by atoms with Crippen molar-refractivity contribution in [1.29, 1.82) is 0 Å².